The molecule has 0 saturated heterocycles. The van der Waals surface area contributed by atoms with E-state index >= 15 is 0 Å². The molecule has 5 heteroatoms. The molecule has 1 aromatic heterocycles. The molecule has 20 heavy (non-hydrogen) atoms. The number of nitrogens with one attached hydrogen (secondary N) is 1. The van der Waals surface area contributed by atoms with Gasteiger partial charge in [0.15, 0.2) is 5.76 Å². The highest BCUT2D eigenvalue weighted by Crippen LogP contribution is 2.28. The summed E-state index contributed by atoms with van der Waals surface area (Å²) in [6.07, 6.45) is 9.86. The summed E-state index contributed by atoms with van der Waals surface area (Å²) in [4.78, 5) is 22.4. The number of aromatic carboxylic acids is 1. The number of carboxylic acid groups (broad SMARTS) is 1. The number of rotatable bonds is 7. The molecule has 1 aliphatic carbocycles. The van der Waals surface area contributed by atoms with Crippen molar-refractivity contribution in [3.63, 3.8) is 0 Å². The van der Waals surface area contributed by atoms with E-state index in [1.54, 1.807) is 0 Å². The maximum Gasteiger partial charge on any atom is 0.338 e. The predicted octanol–water partition coefficient (Wildman–Crippen LogP) is 3.07. The van der Waals surface area contributed by atoms with Gasteiger partial charge in [0, 0.05) is 12.6 Å². The van der Waals surface area contributed by atoms with Crippen molar-refractivity contribution >= 4 is 11.9 Å². The second-order valence-corrected chi connectivity index (χ2v) is 5.41. The molecule has 2 N–H and O–H groups in total. The molecule has 2 rings (SSSR count). The lowest BCUT2D eigenvalue weighted by molar-refractivity contribution is 0.0696. The molecule has 0 aliphatic heterocycles. The molecular formula is C15H21NO4. The van der Waals surface area contributed by atoms with Crippen LogP contribution in [-0.4, -0.2) is 23.5 Å². The van der Waals surface area contributed by atoms with E-state index < -0.39 is 5.97 Å². The van der Waals surface area contributed by atoms with Crippen molar-refractivity contribution in [2.45, 2.75) is 44.9 Å². The predicted molar refractivity (Wildman–Crippen MR) is 73.8 cm³/mol. The van der Waals surface area contributed by atoms with Crippen LogP contribution in [0.5, 0.6) is 0 Å². The lowest BCUT2D eigenvalue weighted by atomic mass is 10.0. The highest BCUT2D eigenvalue weighted by atomic mass is 16.4. The van der Waals surface area contributed by atoms with E-state index in [0.717, 1.165) is 25.0 Å². The van der Waals surface area contributed by atoms with Gasteiger partial charge in [0.25, 0.3) is 5.91 Å². The van der Waals surface area contributed by atoms with Crippen molar-refractivity contribution in [1.82, 2.24) is 5.32 Å². The second kappa shape index (κ2) is 7.12. The van der Waals surface area contributed by atoms with Crippen molar-refractivity contribution in [3.05, 3.63) is 23.7 Å². The molecule has 0 unspecified atom stereocenters. The summed E-state index contributed by atoms with van der Waals surface area (Å²) in [5.74, 6) is -0.505. The molecular weight excluding hydrogens is 258 g/mol. The molecule has 1 saturated carbocycles. The minimum atomic E-state index is -1.09. The zero-order chi connectivity index (χ0) is 14.4. The van der Waals surface area contributed by atoms with E-state index in [1.165, 1.54) is 38.2 Å². The standard InChI is InChI=1S/C15H21NO4/c17-14(13-9-12(10-20-13)15(18)19)16-8-4-3-7-11-5-1-2-6-11/h9-11H,1-8H2,(H,16,17)(H,18,19). The summed E-state index contributed by atoms with van der Waals surface area (Å²) in [5, 5.41) is 11.5. The molecule has 1 fully saturated rings. The van der Waals surface area contributed by atoms with Crippen LogP contribution < -0.4 is 5.32 Å². The molecule has 1 amide bonds. The van der Waals surface area contributed by atoms with Gasteiger partial charge in [-0.3, -0.25) is 4.79 Å². The van der Waals surface area contributed by atoms with Gasteiger partial charge in [-0.1, -0.05) is 38.5 Å². The third-order valence-electron chi connectivity index (χ3n) is 3.87. The normalized spacial score (nSPS) is 15.4. The third kappa shape index (κ3) is 4.11. The van der Waals surface area contributed by atoms with Crippen LogP contribution in [-0.2, 0) is 0 Å². The first-order chi connectivity index (χ1) is 9.66. The number of unbranched alkanes of at least 4 members (excludes halogenated alkanes) is 1. The average molecular weight is 279 g/mol. The number of carbonyl (C=O) groups excluding carboxylic acids is 1. The molecule has 1 aliphatic rings. The topological polar surface area (TPSA) is 79.5 Å². The van der Waals surface area contributed by atoms with Crippen molar-refractivity contribution in [2.24, 2.45) is 5.92 Å². The lowest BCUT2D eigenvalue weighted by Crippen LogP contribution is -2.24. The van der Waals surface area contributed by atoms with Crippen LogP contribution in [0.15, 0.2) is 16.7 Å². The van der Waals surface area contributed by atoms with Gasteiger partial charge in [0.05, 0.1) is 5.56 Å². The first-order valence-electron chi connectivity index (χ1n) is 7.27. The zero-order valence-electron chi connectivity index (χ0n) is 11.6. The number of carbonyl (C=O) groups is 2. The fourth-order valence-corrected chi connectivity index (χ4v) is 2.71. The monoisotopic (exact) mass is 279 g/mol. The van der Waals surface area contributed by atoms with Crippen LogP contribution in [0.4, 0.5) is 0 Å². The van der Waals surface area contributed by atoms with Gasteiger partial charge in [-0.2, -0.15) is 0 Å². The van der Waals surface area contributed by atoms with Gasteiger partial charge in [-0.15, -0.1) is 0 Å². The number of hydrogen-bond donors (Lipinski definition) is 2. The van der Waals surface area contributed by atoms with E-state index in [-0.39, 0.29) is 17.2 Å². The van der Waals surface area contributed by atoms with E-state index in [9.17, 15) is 9.59 Å². The maximum absolute atomic E-state index is 11.7. The molecule has 0 radical (unpaired) electrons. The number of hydrogen-bond acceptors (Lipinski definition) is 3. The Balaban J connectivity index is 1.62. The van der Waals surface area contributed by atoms with Crippen LogP contribution in [0.3, 0.4) is 0 Å². The maximum atomic E-state index is 11.7. The van der Waals surface area contributed by atoms with E-state index in [1.807, 2.05) is 0 Å². The number of furan rings is 1. The Labute approximate surface area is 118 Å². The Morgan fingerprint density at radius 2 is 2.05 bits per heavy atom. The fraction of sp³-hybridized carbons (Fsp3) is 0.600. The summed E-state index contributed by atoms with van der Waals surface area (Å²) >= 11 is 0. The number of amides is 1. The van der Waals surface area contributed by atoms with Gasteiger partial charge in [0.2, 0.25) is 0 Å². The molecule has 1 aromatic rings. The van der Waals surface area contributed by atoms with E-state index in [0.29, 0.717) is 6.54 Å². The highest BCUT2D eigenvalue weighted by Gasteiger charge is 2.15. The van der Waals surface area contributed by atoms with Crippen molar-refractivity contribution in [1.29, 1.82) is 0 Å². The molecule has 0 atom stereocenters. The minimum absolute atomic E-state index is 0.00335. The van der Waals surface area contributed by atoms with E-state index in [2.05, 4.69) is 5.32 Å². The van der Waals surface area contributed by atoms with Crippen molar-refractivity contribution in [3.8, 4) is 0 Å². The first kappa shape index (κ1) is 14.6. The van der Waals surface area contributed by atoms with Crippen LogP contribution >= 0.6 is 0 Å². The van der Waals surface area contributed by atoms with Gasteiger partial charge < -0.3 is 14.8 Å². The molecule has 0 bridgehead atoms. The van der Waals surface area contributed by atoms with Crippen LogP contribution in [0, 0.1) is 5.92 Å². The molecule has 1 heterocycles. The smallest absolute Gasteiger partial charge is 0.338 e. The zero-order valence-corrected chi connectivity index (χ0v) is 11.6. The summed E-state index contributed by atoms with van der Waals surface area (Å²) in [6.45, 7) is 0.606. The molecule has 110 valence electrons. The van der Waals surface area contributed by atoms with Crippen molar-refractivity contribution in [2.75, 3.05) is 6.54 Å². The summed E-state index contributed by atoms with van der Waals surface area (Å²) in [7, 11) is 0. The van der Waals surface area contributed by atoms with Crippen LogP contribution in [0.25, 0.3) is 0 Å². The lowest BCUT2D eigenvalue weighted by Gasteiger charge is -2.08. The fourth-order valence-electron chi connectivity index (χ4n) is 2.71. The quantitative estimate of drug-likeness (QED) is 0.752. The molecule has 0 spiro atoms. The Hall–Kier alpha value is -1.78. The molecule has 5 nitrogen and oxygen atoms in total. The van der Waals surface area contributed by atoms with Gasteiger partial charge in [-0.05, 0) is 12.3 Å². The summed E-state index contributed by atoms with van der Waals surface area (Å²) in [5.41, 5.74) is -0.00335. The third-order valence-corrected chi connectivity index (χ3v) is 3.87. The summed E-state index contributed by atoms with van der Waals surface area (Å²) in [6, 6.07) is 1.25. The summed E-state index contributed by atoms with van der Waals surface area (Å²) < 4.78 is 4.93. The Kier molecular flexibility index (Phi) is 5.21. The van der Waals surface area contributed by atoms with Gasteiger partial charge in [0.1, 0.15) is 6.26 Å². The molecule has 0 aromatic carbocycles. The Morgan fingerprint density at radius 3 is 2.70 bits per heavy atom. The Bertz CT molecular complexity index is 460. The van der Waals surface area contributed by atoms with Crippen LogP contribution in [0.1, 0.15) is 65.9 Å². The SMILES string of the molecule is O=C(O)c1coc(C(=O)NCCCCC2CCCC2)c1. The van der Waals surface area contributed by atoms with Gasteiger partial charge >= 0.3 is 5.97 Å². The number of carboxylic acids is 1. The van der Waals surface area contributed by atoms with Crippen molar-refractivity contribution < 1.29 is 19.1 Å². The minimum Gasteiger partial charge on any atom is -0.478 e. The second-order valence-electron chi connectivity index (χ2n) is 5.41. The Morgan fingerprint density at radius 1 is 1.30 bits per heavy atom. The first-order valence-corrected chi connectivity index (χ1v) is 7.27. The van der Waals surface area contributed by atoms with Gasteiger partial charge in [-0.25, -0.2) is 4.79 Å². The van der Waals surface area contributed by atoms with E-state index in [4.69, 9.17) is 9.52 Å². The van der Waals surface area contributed by atoms with Crippen LogP contribution in [0.2, 0.25) is 0 Å². The highest BCUT2D eigenvalue weighted by molar-refractivity contribution is 5.95. The average Bonchev–Trinajstić information content (AvgIpc) is 3.09. The largest absolute Gasteiger partial charge is 0.478 e.